The number of carbonyl (C=O) groups is 1. The molecule has 0 aliphatic carbocycles. The zero-order valence-electron chi connectivity index (χ0n) is 12.8. The van der Waals surface area contributed by atoms with Crippen LogP contribution in [0, 0.1) is 5.82 Å². The molecule has 1 amide bonds. The molecule has 0 spiro atoms. The van der Waals surface area contributed by atoms with Crippen molar-refractivity contribution < 1.29 is 39.7 Å². The highest BCUT2D eigenvalue weighted by molar-refractivity contribution is 8.15. The summed E-state index contributed by atoms with van der Waals surface area (Å²) in [6.45, 7) is -1.65. The normalized spacial score (nSPS) is 18.4. The summed E-state index contributed by atoms with van der Waals surface area (Å²) in [5.41, 5.74) is -0.686. The molecular weight excluding hydrogens is 449 g/mol. The van der Waals surface area contributed by atoms with Crippen molar-refractivity contribution in [1.29, 1.82) is 0 Å². The molecule has 1 aromatic rings. The first-order valence-electron chi connectivity index (χ1n) is 6.79. The fraction of sp³-hybridized carbons (Fsp3) is 0.385. The predicted octanol–water partition coefficient (Wildman–Crippen LogP) is 4.27. The topological polar surface area (TPSA) is 49.7 Å². The van der Waals surface area contributed by atoms with Gasteiger partial charge in [0.05, 0.1) is 26.5 Å². The van der Waals surface area contributed by atoms with Gasteiger partial charge in [0.2, 0.25) is 5.91 Å². The number of amides is 1. The Balaban J connectivity index is 2.40. The van der Waals surface area contributed by atoms with Crippen LogP contribution >= 0.6 is 23.4 Å². The number of carbonyl (C=O) groups excluding carboxylic acids is 1. The molecule has 1 unspecified atom stereocenters. The molecule has 0 saturated carbocycles. The average molecular weight is 457 g/mol. The van der Waals surface area contributed by atoms with E-state index in [0.717, 1.165) is 0 Å². The van der Waals surface area contributed by atoms with Crippen LogP contribution in [0.2, 0.25) is 5.02 Å². The van der Waals surface area contributed by atoms with Gasteiger partial charge in [-0.1, -0.05) is 23.4 Å². The molecule has 4 nitrogen and oxygen atoms in total. The van der Waals surface area contributed by atoms with Gasteiger partial charge in [0.1, 0.15) is 23.8 Å². The van der Waals surface area contributed by atoms with Gasteiger partial charge in [0.15, 0.2) is 5.17 Å². The Hall–Kier alpha value is -1.34. The number of thioether (sulfide) groups is 1. The van der Waals surface area contributed by atoms with E-state index in [1.54, 1.807) is 0 Å². The Kier molecular flexibility index (Phi) is 6.47. The second-order valence-electron chi connectivity index (χ2n) is 5.12. The van der Waals surface area contributed by atoms with E-state index in [4.69, 9.17) is 11.6 Å². The van der Waals surface area contributed by atoms with Gasteiger partial charge in [0, 0.05) is 0 Å². The van der Waals surface area contributed by atoms with Gasteiger partial charge >= 0.3 is 12.4 Å². The largest absolute Gasteiger partial charge is 0.406 e. The van der Waals surface area contributed by atoms with Gasteiger partial charge in [-0.3, -0.25) is 13.9 Å². The zero-order chi connectivity index (χ0) is 20.6. The van der Waals surface area contributed by atoms with E-state index in [0.29, 0.717) is 23.9 Å². The number of nitrogens with zero attached hydrogens (tertiary/aromatic N) is 2. The molecule has 1 aliphatic rings. The minimum absolute atomic E-state index is 0.283. The Morgan fingerprint density at radius 2 is 1.81 bits per heavy atom. The molecule has 1 saturated heterocycles. The molecule has 0 N–H and O–H groups in total. The highest BCUT2D eigenvalue weighted by atomic mass is 35.5. The van der Waals surface area contributed by atoms with Crippen molar-refractivity contribution in [2.75, 3.05) is 18.1 Å². The first-order valence-corrected chi connectivity index (χ1v) is 9.48. The van der Waals surface area contributed by atoms with Crippen molar-refractivity contribution in [1.82, 2.24) is 4.90 Å². The van der Waals surface area contributed by atoms with Crippen molar-refractivity contribution >= 4 is 50.9 Å². The van der Waals surface area contributed by atoms with E-state index in [-0.39, 0.29) is 10.7 Å². The van der Waals surface area contributed by atoms with E-state index >= 15 is 0 Å². The van der Waals surface area contributed by atoms with Gasteiger partial charge in [-0.25, -0.2) is 9.38 Å². The molecule has 0 aromatic heterocycles. The predicted molar refractivity (Wildman–Crippen MR) is 86.1 cm³/mol. The summed E-state index contributed by atoms with van der Waals surface area (Å²) in [6, 6.07) is 1.21. The summed E-state index contributed by atoms with van der Waals surface area (Å²) < 4.78 is 101. The quantitative estimate of drug-likeness (QED) is 0.636. The average Bonchev–Trinajstić information content (AvgIpc) is 2.79. The first-order chi connectivity index (χ1) is 12.3. The molecule has 1 fully saturated rings. The van der Waals surface area contributed by atoms with Gasteiger partial charge in [0.25, 0.3) is 0 Å². The lowest BCUT2D eigenvalue weighted by Crippen LogP contribution is -2.38. The Labute approximate surface area is 159 Å². The van der Waals surface area contributed by atoms with Crippen LogP contribution in [0.25, 0.3) is 0 Å². The number of amidine groups is 1. The molecule has 150 valence electrons. The highest BCUT2D eigenvalue weighted by Crippen LogP contribution is 2.33. The monoisotopic (exact) mass is 456 g/mol. The molecular formula is C13H8ClF7N2O2S2. The first kappa shape index (κ1) is 22.0. The highest BCUT2D eigenvalue weighted by Gasteiger charge is 2.39. The molecule has 1 aromatic carbocycles. The molecule has 14 heteroatoms. The Morgan fingerprint density at radius 1 is 1.19 bits per heavy atom. The number of halogens is 8. The lowest BCUT2D eigenvalue weighted by Gasteiger charge is -2.18. The van der Waals surface area contributed by atoms with Crippen LogP contribution in [0.5, 0.6) is 0 Å². The Morgan fingerprint density at radius 3 is 2.37 bits per heavy atom. The van der Waals surface area contributed by atoms with E-state index in [1.165, 1.54) is 0 Å². The van der Waals surface area contributed by atoms with Gasteiger partial charge in [-0.05, 0) is 12.1 Å². The number of hydrogen-bond donors (Lipinski definition) is 0. The van der Waals surface area contributed by atoms with Gasteiger partial charge < -0.3 is 0 Å². The number of aliphatic imine (C=N–C) groups is 1. The zero-order valence-corrected chi connectivity index (χ0v) is 15.2. The molecule has 1 aliphatic heterocycles. The smallest absolute Gasteiger partial charge is 0.281 e. The van der Waals surface area contributed by atoms with E-state index < -0.39 is 67.9 Å². The number of benzene rings is 1. The third kappa shape index (κ3) is 6.07. The molecule has 1 atom stereocenters. The van der Waals surface area contributed by atoms with Crippen molar-refractivity contribution in [2.24, 2.45) is 4.99 Å². The van der Waals surface area contributed by atoms with Crippen LogP contribution in [0.15, 0.2) is 22.0 Å². The fourth-order valence-electron chi connectivity index (χ4n) is 1.92. The molecule has 0 radical (unpaired) electrons. The van der Waals surface area contributed by atoms with Crippen LogP contribution in [0.3, 0.4) is 0 Å². The van der Waals surface area contributed by atoms with Crippen LogP contribution in [-0.4, -0.2) is 50.6 Å². The van der Waals surface area contributed by atoms with Gasteiger partial charge in [-0.2, -0.15) is 26.3 Å². The molecule has 27 heavy (non-hydrogen) atoms. The lowest BCUT2D eigenvalue weighted by molar-refractivity contribution is -0.150. The van der Waals surface area contributed by atoms with E-state index in [2.05, 4.69) is 4.99 Å². The van der Waals surface area contributed by atoms with Crippen molar-refractivity contribution in [3.05, 3.63) is 23.0 Å². The number of hydrogen-bond acceptors (Lipinski definition) is 4. The van der Waals surface area contributed by atoms with Crippen molar-refractivity contribution in [3.8, 4) is 0 Å². The molecule has 1 heterocycles. The van der Waals surface area contributed by atoms with Crippen LogP contribution in [0.4, 0.5) is 36.4 Å². The van der Waals surface area contributed by atoms with E-state index in [1.807, 2.05) is 0 Å². The summed E-state index contributed by atoms with van der Waals surface area (Å²) in [4.78, 5) is 14.9. The van der Waals surface area contributed by atoms with Crippen molar-refractivity contribution in [2.45, 2.75) is 17.2 Å². The second kappa shape index (κ2) is 7.95. The minimum atomic E-state index is -4.79. The summed E-state index contributed by atoms with van der Waals surface area (Å²) in [7, 11) is -2.68. The van der Waals surface area contributed by atoms with Crippen molar-refractivity contribution in [3.63, 3.8) is 0 Å². The standard InChI is InChI=1S/C13H8ClF7N2O2S2/c14-6-1-7(15)8(2-9(6)27(25)5-13(19,20)21)22-11-23(4-12(16,17)18)10(24)3-26-11/h1-2H,3-5H2. The van der Waals surface area contributed by atoms with E-state index in [9.17, 15) is 39.7 Å². The third-order valence-corrected chi connectivity index (χ3v) is 5.76. The summed E-state index contributed by atoms with van der Waals surface area (Å²) in [5, 5.41) is -1.03. The maximum absolute atomic E-state index is 14.0. The SMILES string of the molecule is O=C1CSC(=Nc2cc(S(=O)CC(F)(F)F)c(Cl)cc2F)N1CC(F)(F)F. The maximum Gasteiger partial charge on any atom is 0.406 e. The molecule has 0 bridgehead atoms. The maximum atomic E-state index is 14.0. The van der Waals surface area contributed by atoms with Crippen LogP contribution < -0.4 is 0 Å². The minimum Gasteiger partial charge on any atom is -0.281 e. The number of alkyl halides is 6. The summed E-state index contributed by atoms with van der Waals surface area (Å²) >= 11 is 6.22. The second-order valence-corrected chi connectivity index (χ2v) is 7.89. The number of rotatable bonds is 4. The third-order valence-electron chi connectivity index (χ3n) is 2.95. The lowest BCUT2D eigenvalue weighted by atomic mass is 10.3. The fourth-order valence-corrected chi connectivity index (χ4v) is 4.20. The molecule has 2 rings (SSSR count). The summed E-state index contributed by atoms with van der Waals surface area (Å²) in [6.07, 6.45) is -9.52. The van der Waals surface area contributed by atoms with Crippen LogP contribution in [0.1, 0.15) is 0 Å². The van der Waals surface area contributed by atoms with Gasteiger partial charge in [-0.15, -0.1) is 0 Å². The van der Waals surface area contributed by atoms with Crippen LogP contribution in [-0.2, 0) is 15.6 Å². The Bertz CT molecular complexity index is 811. The summed E-state index contributed by atoms with van der Waals surface area (Å²) in [5.74, 6) is -4.18.